The maximum atomic E-state index is 13.1. The maximum Gasteiger partial charge on any atom is 0.137 e. The van der Waals surface area contributed by atoms with Crippen molar-refractivity contribution in [3.63, 3.8) is 0 Å². The summed E-state index contributed by atoms with van der Waals surface area (Å²) in [5.41, 5.74) is 1.80. The normalized spacial score (nSPS) is 10.5. The Morgan fingerprint density at radius 3 is 2.58 bits per heavy atom. The van der Waals surface area contributed by atoms with Gasteiger partial charge in [0.25, 0.3) is 0 Å². The molecule has 0 N–H and O–H groups in total. The highest BCUT2D eigenvalue weighted by molar-refractivity contribution is 9.10. The summed E-state index contributed by atoms with van der Waals surface area (Å²) in [7, 11) is 0. The molecular weight excluding hydrogens is 398 g/mol. The van der Waals surface area contributed by atoms with E-state index < -0.39 is 0 Å². The summed E-state index contributed by atoms with van der Waals surface area (Å²) in [6.07, 6.45) is 0. The van der Waals surface area contributed by atoms with Gasteiger partial charge < -0.3 is 4.74 Å². The smallest absolute Gasteiger partial charge is 0.137 e. The Bertz CT molecular complexity index is 590. The summed E-state index contributed by atoms with van der Waals surface area (Å²) in [6, 6.07) is 10.5. The van der Waals surface area contributed by atoms with Crippen LogP contribution in [0.25, 0.3) is 0 Å². The molecule has 0 aromatic heterocycles. The Kier molecular flexibility index (Phi) is 5.25. The van der Waals surface area contributed by atoms with Crippen molar-refractivity contribution in [2.75, 3.05) is 0 Å². The highest BCUT2D eigenvalue weighted by Crippen LogP contribution is 2.26. The van der Waals surface area contributed by atoms with Crippen LogP contribution < -0.4 is 4.74 Å². The van der Waals surface area contributed by atoms with Crippen LogP contribution in [0, 0.1) is 5.82 Å². The fraction of sp³-hybridized carbons (Fsp3) is 0.143. The highest BCUT2D eigenvalue weighted by Gasteiger charge is 2.05. The number of ether oxygens (including phenoxy) is 1. The molecule has 0 heterocycles. The third kappa shape index (κ3) is 3.94. The van der Waals surface area contributed by atoms with E-state index in [1.165, 1.54) is 6.07 Å². The van der Waals surface area contributed by atoms with Crippen molar-refractivity contribution in [2.24, 2.45) is 0 Å². The van der Waals surface area contributed by atoms with Crippen LogP contribution in [0.1, 0.15) is 11.1 Å². The van der Waals surface area contributed by atoms with Crippen LogP contribution >= 0.6 is 43.5 Å². The summed E-state index contributed by atoms with van der Waals surface area (Å²) < 4.78 is 20.2. The van der Waals surface area contributed by atoms with Gasteiger partial charge in [-0.05, 0) is 51.8 Å². The molecular formula is C14H10Br2ClFO. The first-order chi connectivity index (χ1) is 9.10. The fourth-order valence-electron chi connectivity index (χ4n) is 1.58. The lowest BCUT2D eigenvalue weighted by Crippen LogP contribution is -1.98. The first-order valence-electron chi connectivity index (χ1n) is 5.51. The van der Waals surface area contributed by atoms with Crippen LogP contribution in [-0.4, -0.2) is 0 Å². The standard InChI is InChI=1S/C14H10Br2ClFO/c15-11-2-4-14(10(6-11)7-17)19-8-9-1-3-13(18)12(16)5-9/h1-6H,7-8H2. The van der Waals surface area contributed by atoms with Crippen molar-refractivity contribution in [1.82, 2.24) is 0 Å². The second-order valence-corrected chi connectivity index (χ2v) is 5.96. The molecule has 0 radical (unpaired) electrons. The van der Waals surface area contributed by atoms with Gasteiger partial charge in [0.15, 0.2) is 0 Å². The predicted molar refractivity (Wildman–Crippen MR) is 82.1 cm³/mol. The fourth-order valence-corrected chi connectivity index (χ4v) is 2.63. The van der Waals surface area contributed by atoms with Gasteiger partial charge in [-0.1, -0.05) is 22.0 Å². The summed E-state index contributed by atoms with van der Waals surface area (Å²) in [4.78, 5) is 0. The Morgan fingerprint density at radius 2 is 1.89 bits per heavy atom. The van der Waals surface area contributed by atoms with Crippen LogP contribution in [-0.2, 0) is 12.5 Å². The SMILES string of the molecule is Fc1ccc(COc2ccc(Br)cc2CCl)cc1Br. The zero-order chi connectivity index (χ0) is 13.8. The van der Waals surface area contributed by atoms with E-state index >= 15 is 0 Å². The third-order valence-electron chi connectivity index (χ3n) is 2.54. The van der Waals surface area contributed by atoms with Crippen LogP contribution in [0.5, 0.6) is 5.75 Å². The average molecular weight is 408 g/mol. The Morgan fingerprint density at radius 1 is 1.11 bits per heavy atom. The monoisotopic (exact) mass is 406 g/mol. The molecule has 2 aromatic rings. The summed E-state index contributed by atoms with van der Waals surface area (Å²) in [6.45, 7) is 0.365. The topological polar surface area (TPSA) is 9.23 Å². The van der Waals surface area contributed by atoms with Crippen LogP contribution in [0.2, 0.25) is 0 Å². The molecule has 1 nitrogen and oxygen atoms in total. The van der Waals surface area contributed by atoms with E-state index in [0.29, 0.717) is 17.0 Å². The second kappa shape index (κ2) is 6.73. The molecule has 5 heteroatoms. The molecule has 0 atom stereocenters. The first-order valence-corrected chi connectivity index (χ1v) is 7.63. The molecule has 0 aliphatic rings. The first kappa shape index (κ1) is 14.8. The average Bonchev–Trinajstić information content (AvgIpc) is 2.41. The van der Waals surface area contributed by atoms with Crippen LogP contribution in [0.3, 0.4) is 0 Å². The zero-order valence-corrected chi connectivity index (χ0v) is 13.7. The van der Waals surface area contributed by atoms with E-state index in [0.717, 1.165) is 21.3 Å². The van der Waals surface area contributed by atoms with E-state index in [1.54, 1.807) is 12.1 Å². The Hall–Kier alpha value is -0.580. The quantitative estimate of drug-likeness (QED) is 0.593. The summed E-state index contributed by atoms with van der Waals surface area (Å²) in [5, 5.41) is 0. The molecule has 2 rings (SSSR count). The molecule has 0 unspecified atom stereocenters. The van der Waals surface area contributed by atoms with E-state index in [1.807, 2.05) is 18.2 Å². The predicted octanol–water partition coefficient (Wildman–Crippen LogP) is 5.67. The minimum absolute atomic E-state index is 0.283. The van der Waals surface area contributed by atoms with Gasteiger partial charge in [-0.2, -0.15) is 0 Å². The molecule has 0 amide bonds. The van der Waals surface area contributed by atoms with Gasteiger partial charge in [0, 0.05) is 10.0 Å². The van der Waals surface area contributed by atoms with Crippen molar-refractivity contribution >= 4 is 43.5 Å². The molecule has 0 bridgehead atoms. The lowest BCUT2D eigenvalue weighted by molar-refractivity contribution is 0.303. The van der Waals surface area contributed by atoms with Crippen molar-refractivity contribution in [3.05, 3.63) is 62.3 Å². The van der Waals surface area contributed by atoms with E-state index in [-0.39, 0.29) is 5.82 Å². The molecule has 0 aliphatic heterocycles. The number of alkyl halides is 1. The number of benzene rings is 2. The molecule has 2 aromatic carbocycles. The van der Waals surface area contributed by atoms with Gasteiger partial charge in [-0.25, -0.2) is 4.39 Å². The van der Waals surface area contributed by atoms with Crippen LogP contribution in [0.15, 0.2) is 45.3 Å². The maximum absolute atomic E-state index is 13.1. The molecule has 19 heavy (non-hydrogen) atoms. The molecule has 0 spiro atoms. The van der Waals surface area contributed by atoms with E-state index in [9.17, 15) is 4.39 Å². The third-order valence-corrected chi connectivity index (χ3v) is 3.93. The van der Waals surface area contributed by atoms with Gasteiger partial charge in [-0.3, -0.25) is 0 Å². The number of rotatable bonds is 4. The molecule has 0 saturated carbocycles. The molecule has 0 aliphatic carbocycles. The van der Waals surface area contributed by atoms with Crippen molar-refractivity contribution in [2.45, 2.75) is 12.5 Å². The van der Waals surface area contributed by atoms with Crippen molar-refractivity contribution < 1.29 is 9.13 Å². The van der Waals surface area contributed by atoms with E-state index in [2.05, 4.69) is 31.9 Å². The summed E-state index contributed by atoms with van der Waals surface area (Å²) in [5.74, 6) is 0.828. The molecule has 100 valence electrons. The van der Waals surface area contributed by atoms with Gasteiger partial charge in [0.1, 0.15) is 18.2 Å². The second-order valence-electron chi connectivity index (χ2n) is 3.92. The van der Waals surface area contributed by atoms with Crippen LogP contribution in [0.4, 0.5) is 4.39 Å². The van der Waals surface area contributed by atoms with Gasteiger partial charge >= 0.3 is 0 Å². The lowest BCUT2D eigenvalue weighted by Gasteiger charge is -2.11. The molecule has 0 fully saturated rings. The van der Waals surface area contributed by atoms with Gasteiger partial charge in [0.05, 0.1) is 10.4 Å². The Balaban J connectivity index is 2.12. The number of hydrogen-bond donors (Lipinski definition) is 0. The lowest BCUT2D eigenvalue weighted by atomic mass is 10.2. The zero-order valence-electron chi connectivity index (χ0n) is 9.80. The summed E-state index contributed by atoms with van der Waals surface area (Å²) >= 11 is 12.4. The number of halogens is 4. The van der Waals surface area contributed by atoms with Crippen molar-refractivity contribution in [3.8, 4) is 5.75 Å². The van der Waals surface area contributed by atoms with Gasteiger partial charge in [-0.15, -0.1) is 11.6 Å². The van der Waals surface area contributed by atoms with Crippen molar-refractivity contribution in [1.29, 1.82) is 0 Å². The highest BCUT2D eigenvalue weighted by atomic mass is 79.9. The minimum Gasteiger partial charge on any atom is -0.489 e. The largest absolute Gasteiger partial charge is 0.489 e. The van der Waals surface area contributed by atoms with E-state index in [4.69, 9.17) is 16.3 Å². The molecule has 0 saturated heterocycles. The minimum atomic E-state index is -0.283. The number of hydrogen-bond acceptors (Lipinski definition) is 1. The Labute approximate surface area is 133 Å². The van der Waals surface area contributed by atoms with Gasteiger partial charge in [0.2, 0.25) is 0 Å².